The third kappa shape index (κ3) is 4.00. The van der Waals surface area contributed by atoms with Crippen molar-refractivity contribution in [2.75, 3.05) is 13.1 Å². The van der Waals surface area contributed by atoms with Crippen LogP contribution in [0.4, 0.5) is 4.79 Å². The molecule has 0 unspecified atom stereocenters. The van der Waals surface area contributed by atoms with E-state index in [9.17, 15) is 4.79 Å². The van der Waals surface area contributed by atoms with Gasteiger partial charge in [-0.05, 0) is 46.6 Å². The molecule has 8 heteroatoms. The molecule has 3 rings (SSSR count). The number of carbonyl (C=O) groups excluding carboxylic acids is 1. The summed E-state index contributed by atoms with van der Waals surface area (Å²) in [5.74, 6) is 1.52. The first-order valence-corrected chi connectivity index (χ1v) is 8.64. The number of ether oxygens (including phenoxy) is 1. The molecule has 0 atom stereocenters. The molecule has 1 fully saturated rings. The first-order chi connectivity index (χ1) is 11.7. The summed E-state index contributed by atoms with van der Waals surface area (Å²) in [7, 11) is 1.89. The molecule has 0 bridgehead atoms. The molecule has 2 aromatic heterocycles. The van der Waals surface area contributed by atoms with Gasteiger partial charge in [0.1, 0.15) is 17.1 Å². The number of carbonyl (C=O) groups is 1. The predicted molar refractivity (Wildman–Crippen MR) is 93.0 cm³/mol. The molecule has 136 valence electrons. The molecule has 1 amide bonds. The van der Waals surface area contributed by atoms with Gasteiger partial charge in [-0.25, -0.2) is 14.5 Å². The van der Waals surface area contributed by atoms with Gasteiger partial charge in [0, 0.05) is 26.3 Å². The smallest absolute Gasteiger partial charge is 0.410 e. The molecule has 0 radical (unpaired) electrons. The number of hydrogen-bond acceptors (Lipinski definition) is 5. The molecule has 1 saturated heterocycles. The van der Waals surface area contributed by atoms with Gasteiger partial charge in [-0.3, -0.25) is 4.68 Å². The highest BCUT2D eigenvalue weighted by Gasteiger charge is 2.29. The van der Waals surface area contributed by atoms with Gasteiger partial charge in [0.05, 0.1) is 6.04 Å². The Morgan fingerprint density at radius 3 is 2.48 bits per heavy atom. The average Bonchev–Trinajstić information content (AvgIpc) is 3.11. The maximum atomic E-state index is 12.2. The molecule has 8 nitrogen and oxygen atoms in total. The molecule has 0 N–H and O–H groups in total. The zero-order valence-corrected chi connectivity index (χ0v) is 15.6. The van der Waals surface area contributed by atoms with E-state index in [1.165, 1.54) is 0 Å². The van der Waals surface area contributed by atoms with Gasteiger partial charge < -0.3 is 9.64 Å². The van der Waals surface area contributed by atoms with Crippen molar-refractivity contribution in [3.63, 3.8) is 0 Å². The van der Waals surface area contributed by atoms with E-state index in [1.54, 1.807) is 9.58 Å². The SMILES string of the molecule is Cc1nc(-c2ccn(C)n2)n(C2CCN(C(=O)OC(C)(C)C)CC2)n1. The van der Waals surface area contributed by atoms with E-state index in [4.69, 9.17) is 4.74 Å². The number of nitrogens with zero attached hydrogens (tertiary/aromatic N) is 6. The molecule has 25 heavy (non-hydrogen) atoms. The van der Waals surface area contributed by atoms with Gasteiger partial charge >= 0.3 is 6.09 Å². The minimum Gasteiger partial charge on any atom is -0.444 e. The number of likely N-dealkylation sites (tertiary alicyclic amines) is 1. The second-order valence-electron chi connectivity index (χ2n) is 7.50. The van der Waals surface area contributed by atoms with Gasteiger partial charge in [-0.2, -0.15) is 10.2 Å². The first-order valence-electron chi connectivity index (χ1n) is 8.64. The van der Waals surface area contributed by atoms with Crippen molar-refractivity contribution in [3.05, 3.63) is 18.1 Å². The summed E-state index contributed by atoms with van der Waals surface area (Å²) in [4.78, 5) is 18.5. The van der Waals surface area contributed by atoms with Gasteiger partial charge in [0.15, 0.2) is 5.82 Å². The fraction of sp³-hybridized carbons (Fsp3) is 0.647. The summed E-state index contributed by atoms with van der Waals surface area (Å²) in [5, 5.41) is 9.01. The molecule has 1 aliphatic heterocycles. The summed E-state index contributed by atoms with van der Waals surface area (Å²) in [6.45, 7) is 8.85. The maximum absolute atomic E-state index is 12.2. The summed E-state index contributed by atoms with van der Waals surface area (Å²) in [6, 6.07) is 2.15. The van der Waals surface area contributed by atoms with Crippen molar-refractivity contribution in [2.24, 2.45) is 7.05 Å². The Kier molecular flexibility index (Phi) is 4.53. The van der Waals surface area contributed by atoms with Crippen molar-refractivity contribution in [1.82, 2.24) is 29.4 Å². The third-order valence-electron chi connectivity index (χ3n) is 4.14. The van der Waals surface area contributed by atoms with E-state index in [2.05, 4.69) is 15.2 Å². The molecular formula is C17H26N6O2. The summed E-state index contributed by atoms with van der Waals surface area (Å²) in [6.07, 6.45) is 3.30. The van der Waals surface area contributed by atoms with Crippen LogP contribution < -0.4 is 0 Å². The second-order valence-corrected chi connectivity index (χ2v) is 7.50. The van der Waals surface area contributed by atoms with Crippen molar-refractivity contribution >= 4 is 6.09 Å². The molecule has 3 heterocycles. The largest absolute Gasteiger partial charge is 0.444 e. The fourth-order valence-electron chi connectivity index (χ4n) is 3.01. The van der Waals surface area contributed by atoms with E-state index in [-0.39, 0.29) is 12.1 Å². The Morgan fingerprint density at radius 1 is 1.24 bits per heavy atom. The Morgan fingerprint density at radius 2 is 1.92 bits per heavy atom. The second kappa shape index (κ2) is 6.50. The molecule has 2 aromatic rings. The van der Waals surface area contributed by atoms with Crippen LogP contribution in [0.5, 0.6) is 0 Å². The fourth-order valence-corrected chi connectivity index (χ4v) is 3.01. The van der Waals surface area contributed by atoms with Crippen LogP contribution in [0, 0.1) is 6.92 Å². The highest BCUT2D eigenvalue weighted by atomic mass is 16.6. The Bertz CT molecular complexity index is 750. The number of piperidine rings is 1. The number of rotatable bonds is 2. The van der Waals surface area contributed by atoms with Crippen molar-refractivity contribution < 1.29 is 9.53 Å². The molecule has 0 saturated carbocycles. The molecule has 0 spiro atoms. The van der Waals surface area contributed by atoms with Crippen molar-refractivity contribution in [2.45, 2.75) is 52.2 Å². The summed E-state index contributed by atoms with van der Waals surface area (Å²) >= 11 is 0. The van der Waals surface area contributed by atoms with Gasteiger partial charge in [0.25, 0.3) is 0 Å². The normalized spacial score (nSPS) is 16.3. The lowest BCUT2D eigenvalue weighted by atomic mass is 10.1. The van der Waals surface area contributed by atoms with Crippen LogP contribution in [0.3, 0.4) is 0 Å². The summed E-state index contributed by atoms with van der Waals surface area (Å²) < 4.78 is 9.18. The Hall–Kier alpha value is -2.38. The Balaban J connectivity index is 1.71. The lowest BCUT2D eigenvalue weighted by Gasteiger charge is -2.33. The van der Waals surface area contributed by atoms with Crippen molar-refractivity contribution in [3.8, 4) is 11.5 Å². The third-order valence-corrected chi connectivity index (χ3v) is 4.14. The van der Waals surface area contributed by atoms with E-state index < -0.39 is 5.60 Å². The van der Waals surface area contributed by atoms with E-state index in [1.807, 2.05) is 51.7 Å². The maximum Gasteiger partial charge on any atom is 0.410 e. The lowest BCUT2D eigenvalue weighted by molar-refractivity contribution is 0.0185. The molecule has 0 aliphatic carbocycles. The van der Waals surface area contributed by atoms with Gasteiger partial charge in [-0.15, -0.1) is 0 Å². The number of amides is 1. The summed E-state index contributed by atoms with van der Waals surface area (Å²) in [5.41, 5.74) is 0.348. The van der Waals surface area contributed by atoms with Crippen LogP contribution in [0.1, 0.15) is 45.5 Å². The zero-order chi connectivity index (χ0) is 18.2. The quantitative estimate of drug-likeness (QED) is 0.835. The van der Waals surface area contributed by atoms with E-state index >= 15 is 0 Å². The standard InChI is InChI=1S/C17H26N6O2/c1-12-18-15(14-8-9-21(5)20-14)23(19-12)13-6-10-22(11-7-13)16(24)25-17(2,3)4/h8-9,13H,6-7,10-11H2,1-5H3. The minimum absolute atomic E-state index is 0.205. The van der Waals surface area contributed by atoms with Crippen LogP contribution in [0.2, 0.25) is 0 Å². The Labute approximate surface area is 147 Å². The molecular weight excluding hydrogens is 320 g/mol. The topological polar surface area (TPSA) is 78.1 Å². The lowest BCUT2D eigenvalue weighted by Crippen LogP contribution is -2.42. The van der Waals surface area contributed by atoms with Crippen LogP contribution >= 0.6 is 0 Å². The zero-order valence-electron chi connectivity index (χ0n) is 15.6. The van der Waals surface area contributed by atoms with Crippen LogP contribution in [-0.2, 0) is 11.8 Å². The van der Waals surface area contributed by atoms with Gasteiger partial charge in [-0.1, -0.05) is 0 Å². The highest BCUT2D eigenvalue weighted by molar-refractivity contribution is 5.68. The van der Waals surface area contributed by atoms with E-state index in [0.29, 0.717) is 13.1 Å². The monoisotopic (exact) mass is 346 g/mol. The van der Waals surface area contributed by atoms with Crippen LogP contribution in [0.15, 0.2) is 12.3 Å². The average molecular weight is 346 g/mol. The highest BCUT2D eigenvalue weighted by Crippen LogP contribution is 2.27. The number of aryl methyl sites for hydroxylation is 2. The molecule has 1 aliphatic rings. The number of aromatic nitrogens is 5. The minimum atomic E-state index is -0.469. The first kappa shape index (κ1) is 17.4. The number of hydrogen-bond donors (Lipinski definition) is 0. The van der Waals surface area contributed by atoms with Crippen LogP contribution in [-0.4, -0.2) is 54.2 Å². The van der Waals surface area contributed by atoms with Gasteiger partial charge in [0.2, 0.25) is 0 Å². The predicted octanol–water partition coefficient (Wildman–Crippen LogP) is 2.56. The van der Waals surface area contributed by atoms with E-state index in [0.717, 1.165) is 30.2 Å². The van der Waals surface area contributed by atoms with Crippen LogP contribution in [0.25, 0.3) is 11.5 Å². The molecule has 0 aromatic carbocycles. The van der Waals surface area contributed by atoms with Crippen molar-refractivity contribution in [1.29, 1.82) is 0 Å².